The molecule has 13 heteroatoms. The molecule has 1 aliphatic heterocycles. The van der Waals surface area contributed by atoms with E-state index in [1.165, 1.54) is 18.3 Å². The van der Waals surface area contributed by atoms with Crippen molar-refractivity contribution in [3.63, 3.8) is 0 Å². The number of hydrogen-bond acceptors (Lipinski definition) is 9. The van der Waals surface area contributed by atoms with Crippen LogP contribution in [0, 0.1) is 10.1 Å². The Hall–Kier alpha value is -5.39. The summed E-state index contributed by atoms with van der Waals surface area (Å²) in [6.45, 7) is 0.0693. The third-order valence-electron chi connectivity index (χ3n) is 6.84. The molecule has 0 fully saturated rings. The second-order valence-corrected chi connectivity index (χ2v) is 10.6. The van der Waals surface area contributed by atoms with Crippen LogP contribution in [-0.4, -0.2) is 27.6 Å². The van der Waals surface area contributed by atoms with Crippen molar-refractivity contribution in [2.24, 2.45) is 5.10 Å². The maximum atomic E-state index is 13.7. The van der Waals surface area contributed by atoms with E-state index in [2.05, 4.69) is 10.1 Å². The van der Waals surface area contributed by atoms with Gasteiger partial charge in [-0.1, -0.05) is 41.4 Å². The molecule has 0 saturated heterocycles. The van der Waals surface area contributed by atoms with E-state index in [4.69, 9.17) is 41.8 Å². The van der Waals surface area contributed by atoms with Crippen LogP contribution in [0.1, 0.15) is 11.1 Å². The summed E-state index contributed by atoms with van der Waals surface area (Å²) in [5, 5.41) is 18.0. The van der Waals surface area contributed by atoms with Gasteiger partial charge in [-0.25, -0.2) is 4.98 Å². The lowest BCUT2D eigenvalue weighted by atomic mass is 10.1. The number of halogens is 2. The summed E-state index contributed by atoms with van der Waals surface area (Å²) >= 11 is 12.4. The summed E-state index contributed by atoms with van der Waals surface area (Å²) < 4.78 is 23.8. The van der Waals surface area contributed by atoms with Crippen molar-refractivity contribution in [3.05, 3.63) is 121 Å². The normalized spacial score (nSPS) is 12.4. The number of nitro benzene ring substituents is 1. The topological polar surface area (TPSA) is 131 Å². The zero-order chi connectivity index (χ0) is 30.4. The molecule has 0 radical (unpaired) electrons. The lowest BCUT2D eigenvalue weighted by Gasteiger charge is -2.11. The second kappa shape index (κ2) is 11.0. The summed E-state index contributed by atoms with van der Waals surface area (Å²) in [7, 11) is 0. The van der Waals surface area contributed by atoms with Crippen molar-refractivity contribution in [2.75, 3.05) is 6.79 Å². The van der Waals surface area contributed by atoms with Gasteiger partial charge in [0.15, 0.2) is 17.3 Å². The first kappa shape index (κ1) is 27.4. The Balaban J connectivity index is 1.34. The van der Waals surface area contributed by atoms with E-state index in [0.29, 0.717) is 44.0 Å². The molecule has 0 aliphatic carbocycles. The minimum Gasteiger partial charge on any atom is -0.481 e. The molecule has 0 spiro atoms. The Morgan fingerprint density at radius 2 is 1.84 bits per heavy atom. The lowest BCUT2D eigenvalue weighted by molar-refractivity contribution is -0.385. The summed E-state index contributed by atoms with van der Waals surface area (Å²) in [6, 6.07) is 21.5. The van der Waals surface area contributed by atoms with Gasteiger partial charge in [0.2, 0.25) is 18.4 Å². The molecule has 7 rings (SSSR count). The van der Waals surface area contributed by atoms with Gasteiger partial charge < -0.3 is 18.6 Å². The number of benzene rings is 4. The van der Waals surface area contributed by atoms with Crippen molar-refractivity contribution in [1.82, 2.24) is 9.66 Å². The smallest absolute Gasteiger partial charge is 0.313 e. The van der Waals surface area contributed by atoms with E-state index in [-0.39, 0.29) is 47.0 Å². The largest absolute Gasteiger partial charge is 0.481 e. The third kappa shape index (κ3) is 5.08. The van der Waals surface area contributed by atoms with E-state index in [1.54, 1.807) is 66.7 Å². The molecule has 218 valence electrons. The fraction of sp³-hybridized carbons (Fsp3) is 0.0645. The van der Waals surface area contributed by atoms with Gasteiger partial charge in [0.25, 0.3) is 5.56 Å². The van der Waals surface area contributed by atoms with Gasteiger partial charge in [0.05, 0.1) is 22.0 Å². The van der Waals surface area contributed by atoms with E-state index in [9.17, 15) is 14.9 Å². The summed E-state index contributed by atoms with van der Waals surface area (Å²) in [4.78, 5) is 29.8. The molecule has 44 heavy (non-hydrogen) atoms. The summed E-state index contributed by atoms with van der Waals surface area (Å²) in [5.74, 6) is 1.41. The molecule has 0 amide bonds. The van der Waals surface area contributed by atoms with Crippen LogP contribution in [-0.2, 0) is 6.61 Å². The number of ether oxygens (including phenoxy) is 3. The standard InChI is InChI=1S/C31H18Cl2N4O7/c32-20-6-8-25-18(10-20)12-28(44-25)30-35-23-4-2-1-3-22(23)31(38)36(30)34-14-19-11-21(33)13-24(37(39)40)29(19)41-15-17-5-7-26-27(9-17)43-16-42-26/h1-14H,15-16H2. The van der Waals surface area contributed by atoms with Crippen molar-refractivity contribution < 1.29 is 23.6 Å². The average molecular weight is 629 g/mol. The number of hydrogen-bond donors (Lipinski definition) is 0. The van der Waals surface area contributed by atoms with Crippen molar-refractivity contribution in [3.8, 4) is 28.8 Å². The van der Waals surface area contributed by atoms with E-state index >= 15 is 0 Å². The lowest BCUT2D eigenvalue weighted by Crippen LogP contribution is -2.20. The number of nitro groups is 1. The third-order valence-corrected chi connectivity index (χ3v) is 7.30. The van der Waals surface area contributed by atoms with Gasteiger partial charge in [-0.05, 0) is 60.2 Å². The van der Waals surface area contributed by atoms with Gasteiger partial charge in [-0.2, -0.15) is 9.78 Å². The number of aromatic nitrogens is 2. The highest BCUT2D eigenvalue weighted by molar-refractivity contribution is 6.31. The Bertz CT molecular complexity index is 2210. The average Bonchev–Trinajstić information content (AvgIpc) is 3.66. The van der Waals surface area contributed by atoms with Crippen LogP contribution < -0.4 is 19.8 Å². The van der Waals surface area contributed by atoms with E-state index in [1.807, 2.05) is 0 Å². The minimum absolute atomic E-state index is 0.0375. The van der Waals surface area contributed by atoms with Crippen LogP contribution in [0.2, 0.25) is 10.0 Å². The number of fused-ring (bicyclic) bond motifs is 3. The SMILES string of the molecule is O=c1c2ccccc2nc(-c2cc3cc(Cl)ccc3o2)n1N=Cc1cc(Cl)cc([N+](=O)[O-])c1OCc1ccc2c(c1)OCO2. The van der Waals surface area contributed by atoms with Gasteiger partial charge in [-0.15, -0.1) is 0 Å². The van der Waals surface area contributed by atoms with Gasteiger partial charge in [-0.3, -0.25) is 14.9 Å². The number of nitrogens with zero attached hydrogens (tertiary/aromatic N) is 4. The molecule has 6 aromatic rings. The van der Waals surface area contributed by atoms with E-state index in [0.717, 1.165) is 4.68 Å². The molecule has 0 saturated carbocycles. The fourth-order valence-corrected chi connectivity index (χ4v) is 5.21. The van der Waals surface area contributed by atoms with Crippen molar-refractivity contribution >= 4 is 57.0 Å². The van der Waals surface area contributed by atoms with Crippen molar-refractivity contribution in [2.45, 2.75) is 6.61 Å². The van der Waals surface area contributed by atoms with Crippen LogP contribution in [0.5, 0.6) is 17.2 Å². The van der Waals surface area contributed by atoms with Crippen LogP contribution >= 0.6 is 23.2 Å². The minimum atomic E-state index is -0.604. The van der Waals surface area contributed by atoms with Crippen LogP contribution in [0.3, 0.4) is 0 Å². The predicted molar refractivity (Wildman–Crippen MR) is 164 cm³/mol. The highest BCUT2D eigenvalue weighted by Crippen LogP contribution is 2.36. The van der Waals surface area contributed by atoms with Gasteiger partial charge in [0.1, 0.15) is 12.2 Å². The second-order valence-electron chi connectivity index (χ2n) is 9.68. The Kier molecular flexibility index (Phi) is 6.88. The molecule has 3 heterocycles. The first-order chi connectivity index (χ1) is 21.3. The molecule has 0 atom stereocenters. The monoisotopic (exact) mass is 628 g/mol. The zero-order valence-corrected chi connectivity index (χ0v) is 23.9. The number of rotatable bonds is 7. The van der Waals surface area contributed by atoms with Gasteiger partial charge in [0, 0.05) is 27.1 Å². The molecular weight excluding hydrogens is 611 g/mol. The molecule has 0 unspecified atom stereocenters. The van der Waals surface area contributed by atoms with E-state index < -0.39 is 10.5 Å². The Morgan fingerprint density at radius 1 is 1.00 bits per heavy atom. The molecule has 0 N–H and O–H groups in total. The van der Waals surface area contributed by atoms with Gasteiger partial charge >= 0.3 is 5.69 Å². The molecule has 11 nitrogen and oxygen atoms in total. The summed E-state index contributed by atoms with van der Waals surface area (Å²) in [5.41, 5.74) is 0.948. The first-order valence-corrected chi connectivity index (χ1v) is 13.8. The highest BCUT2D eigenvalue weighted by Gasteiger charge is 2.22. The first-order valence-electron chi connectivity index (χ1n) is 13.1. The quantitative estimate of drug-likeness (QED) is 0.103. The zero-order valence-electron chi connectivity index (χ0n) is 22.4. The molecule has 2 aromatic heterocycles. The van der Waals surface area contributed by atoms with Crippen LogP contribution in [0.15, 0.2) is 93.2 Å². The summed E-state index contributed by atoms with van der Waals surface area (Å²) in [6.07, 6.45) is 1.26. The van der Waals surface area contributed by atoms with Crippen LogP contribution in [0.4, 0.5) is 5.69 Å². The van der Waals surface area contributed by atoms with Crippen molar-refractivity contribution in [1.29, 1.82) is 0 Å². The highest BCUT2D eigenvalue weighted by atomic mass is 35.5. The Morgan fingerprint density at radius 3 is 2.70 bits per heavy atom. The molecular formula is C31H18Cl2N4O7. The fourth-order valence-electron chi connectivity index (χ4n) is 4.81. The molecule has 4 aromatic carbocycles. The maximum absolute atomic E-state index is 13.7. The number of para-hydroxylation sites is 1. The Labute approximate surface area is 257 Å². The maximum Gasteiger partial charge on any atom is 0.313 e. The predicted octanol–water partition coefficient (Wildman–Crippen LogP) is 7.21. The molecule has 1 aliphatic rings. The number of furan rings is 1. The molecule has 0 bridgehead atoms. The van der Waals surface area contributed by atoms with Crippen LogP contribution in [0.25, 0.3) is 33.5 Å².